The highest BCUT2D eigenvalue weighted by atomic mass is 32.2. The van der Waals surface area contributed by atoms with Crippen LogP contribution in [-0.4, -0.2) is 48.0 Å². The van der Waals surface area contributed by atoms with Crippen molar-refractivity contribution in [3.05, 3.63) is 18.2 Å². The summed E-state index contributed by atoms with van der Waals surface area (Å²) in [5.74, 6) is 0.479. The van der Waals surface area contributed by atoms with Crippen molar-refractivity contribution in [1.29, 1.82) is 0 Å². The summed E-state index contributed by atoms with van der Waals surface area (Å²) < 4.78 is 22.0. The number of rotatable bonds is 5. The van der Waals surface area contributed by atoms with Crippen molar-refractivity contribution in [2.45, 2.75) is 12.8 Å². The van der Waals surface area contributed by atoms with Crippen LogP contribution in [0.15, 0.2) is 12.4 Å². The number of H-pyrrole nitrogens is 1. The molecule has 1 aromatic rings. The number of nitrogens with zero attached hydrogens (tertiary/aromatic N) is 2. The minimum Gasteiger partial charge on any atom is -0.349 e. The molecule has 2 rings (SSSR count). The Labute approximate surface area is 105 Å². The van der Waals surface area contributed by atoms with Crippen molar-refractivity contribution in [2.24, 2.45) is 11.1 Å². The van der Waals surface area contributed by atoms with Gasteiger partial charge in [0.15, 0.2) is 0 Å². The Morgan fingerprint density at radius 3 is 2.94 bits per heavy atom. The lowest BCUT2D eigenvalue weighted by atomic mass is 10.1. The Morgan fingerprint density at radius 1 is 1.56 bits per heavy atom. The summed E-state index contributed by atoms with van der Waals surface area (Å²) in [5.41, 5.74) is 0. The fraction of sp³-hybridized carbons (Fsp3) is 0.600. The van der Waals surface area contributed by atoms with Crippen molar-refractivity contribution in [2.75, 3.05) is 18.8 Å². The van der Waals surface area contributed by atoms with Crippen molar-refractivity contribution in [1.82, 2.24) is 14.9 Å². The topological polar surface area (TPSA) is 109 Å². The summed E-state index contributed by atoms with van der Waals surface area (Å²) >= 11 is 0. The van der Waals surface area contributed by atoms with Gasteiger partial charge in [0, 0.05) is 44.2 Å². The summed E-state index contributed by atoms with van der Waals surface area (Å²) in [6.45, 7) is 1.00. The average Bonchev–Trinajstić information content (AvgIpc) is 2.83. The Balaban J connectivity index is 1.86. The molecule has 1 unspecified atom stereocenters. The molecule has 1 aliphatic rings. The number of sulfonamides is 1. The van der Waals surface area contributed by atoms with Gasteiger partial charge >= 0.3 is 0 Å². The van der Waals surface area contributed by atoms with Crippen LogP contribution < -0.4 is 5.14 Å². The predicted molar refractivity (Wildman–Crippen MR) is 65.0 cm³/mol. The minimum atomic E-state index is -3.51. The average molecular weight is 272 g/mol. The summed E-state index contributed by atoms with van der Waals surface area (Å²) in [5, 5.41) is 4.98. The van der Waals surface area contributed by atoms with E-state index in [1.165, 1.54) is 0 Å². The minimum absolute atomic E-state index is 0.0183. The van der Waals surface area contributed by atoms with Crippen LogP contribution in [0.1, 0.15) is 12.2 Å². The van der Waals surface area contributed by atoms with Crippen LogP contribution in [0.5, 0.6) is 0 Å². The Morgan fingerprint density at radius 2 is 2.33 bits per heavy atom. The molecule has 0 aromatic carbocycles. The van der Waals surface area contributed by atoms with Gasteiger partial charge in [-0.3, -0.25) is 4.79 Å². The first-order valence-electron chi connectivity index (χ1n) is 5.70. The molecule has 0 spiro atoms. The lowest BCUT2D eigenvalue weighted by Gasteiger charge is -2.15. The zero-order chi connectivity index (χ0) is 13.2. The second-order valence-corrected chi connectivity index (χ2v) is 6.18. The molecule has 0 bridgehead atoms. The van der Waals surface area contributed by atoms with Gasteiger partial charge in [-0.2, -0.15) is 0 Å². The van der Waals surface area contributed by atoms with E-state index in [4.69, 9.17) is 5.14 Å². The number of likely N-dealkylation sites (tertiary alicyclic amines) is 1. The number of aromatic amines is 1. The van der Waals surface area contributed by atoms with E-state index in [0.717, 1.165) is 5.82 Å². The van der Waals surface area contributed by atoms with Gasteiger partial charge in [0.2, 0.25) is 15.9 Å². The van der Waals surface area contributed by atoms with E-state index in [-0.39, 0.29) is 24.0 Å². The van der Waals surface area contributed by atoms with E-state index >= 15 is 0 Å². The second kappa shape index (κ2) is 5.07. The van der Waals surface area contributed by atoms with E-state index in [9.17, 15) is 13.2 Å². The SMILES string of the molecule is NS(=O)(=O)CC1CC(=O)N(CCc2ncc[nH]2)C1. The van der Waals surface area contributed by atoms with Crippen molar-refractivity contribution < 1.29 is 13.2 Å². The highest BCUT2D eigenvalue weighted by Gasteiger charge is 2.31. The molecule has 1 aliphatic heterocycles. The highest BCUT2D eigenvalue weighted by molar-refractivity contribution is 7.89. The van der Waals surface area contributed by atoms with Crippen LogP contribution >= 0.6 is 0 Å². The molecular weight excluding hydrogens is 256 g/mol. The van der Waals surface area contributed by atoms with Gasteiger partial charge in [-0.15, -0.1) is 0 Å². The summed E-state index contributed by atoms with van der Waals surface area (Å²) in [6, 6.07) is 0. The molecular formula is C10H16N4O3S. The number of carbonyl (C=O) groups excluding carboxylic acids is 1. The number of nitrogens with two attached hydrogens (primary N) is 1. The normalized spacial score (nSPS) is 20.6. The number of hydrogen-bond acceptors (Lipinski definition) is 4. The van der Waals surface area contributed by atoms with Gasteiger partial charge in [-0.25, -0.2) is 18.5 Å². The van der Waals surface area contributed by atoms with E-state index in [2.05, 4.69) is 9.97 Å². The fourth-order valence-corrected chi connectivity index (χ4v) is 3.07. The number of primary sulfonamides is 1. The molecule has 18 heavy (non-hydrogen) atoms. The van der Waals surface area contributed by atoms with Crippen LogP contribution in [0.4, 0.5) is 0 Å². The Bertz CT molecular complexity index is 511. The quantitative estimate of drug-likeness (QED) is 0.723. The van der Waals surface area contributed by atoms with Gasteiger partial charge in [-0.05, 0) is 0 Å². The maximum absolute atomic E-state index is 11.7. The van der Waals surface area contributed by atoms with E-state index in [1.807, 2.05) is 0 Å². The smallest absolute Gasteiger partial charge is 0.222 e. The standard InChI is InChI=1S/C10H16N4O3S/c11-18(16,17)7-8-5-10(15)14(6-8)4-1-9-12-2-3-13-9/h2-3,8H,1,4-7H2,(H,12,13)(H2,11,16,17). The summed E-state index contributed by atoms with van der Waals surface area (Å²) in [7, 11) is -3.51. The molecule has 0 aliphatic carbocycles. The van der Waals surface area contributed by atoms with Crippen LogP contribution in [0.2, 0.25) is 0 Å². The van der Waals surface area contributed by atoms with Crippen molar-refractivity contribution in [3.8, 4) is 0 Å². The first kappa shape index (κ1) is 13.0. The third-order valence-corrected chi connectivity index (χ3v) is 3.87. The fourth-order valence-electron chi connectivity index (χ4n) is 2.19. The highest BCUT2D eigenvalue weighted by Crippen LogP contribution is 2.18. The zero-order valence-corrected chi connectivity index (χ0v) is 10.7. The number of nitrogens with one attached hydrogen (secondary N) is 1. The lowest BCUT2D eigenvalue weighted by molar-refractivity contribution is -0.127. The van der Waals surface area contributed by atoms with E-state index < -0.39 is 10.0 Å². The molecule has 0 radical (unpaired) electrons. The van der Waals surface area contributed by atoms with E-state index in [1.54, 1.807) is 17.3 Å². The Kier molecular flexibility index (Phi) is 3.67. The van der Waals surface area contributed by atoms with Gasteiger partial charge in [0.1, 0.15) is 5.82 Å². The van der Waals surface area contributed by atoms with Gasteiger partial charge in [-0.1, -0.05) is 0 Å². The van der Waals surface area contributed by atoms with Gasteiger partial charge in [0.25, 0.3) is 0 Å². The third-order valence-electron chi connectivity index (χ3n) is 2.94. The number of carbonyl (C=O) groups is 1. The van der Waals surface area contributed by atoms with Crippen LogP contribution in [0.3, 0.4) is 0 Å². The lowest BCUT2D eigenvalue weighted by Crippen LogP contribution is -2.29. The molecule has 1 aromatic heterocycles. The molecule has 0 saturated carbocycles. The monoisotopic (exact) mass is 272 g/mol. The number of aromatic nitrogens is 2. The third kappa shape index (κ3) is 3.54. The second-order valence-electron chi connectivity index (χ2n) is 4.53. The van der Waals surface area contributed by atoms with Crippen LogP contribution in [0.25, 0.3) is 0 Å². The molecule has 7 nitrogen and oxygen atoms in total. The van der Waals surface area contributed by atoms with Crippen LogP contribution in [0, 0.1) is 5.92 Å². The Hall–Kier alpha value is -1.41. The first-order valence-corrected chi connectivity index (χ1v) is 7.42. The maximum atomic E-state index is 11.7. The van der Waals surface area contributed by atoms with Crippen molar-refractivity contribution >= 4 is 15.9 Å². The molecule has 100 valence electrons. The predicted octanol–water partition coefficient (Wildman–Crippen LogP) is -0.911. The zero-order valence-electron chi connectivity index (χ0n) is 9.87. The number of amides is 1. The molecule has 2 heterocycles. The largest absolute Gasteiger partial charge is 0.349 e. The first-order chi connectivity index (χ1) is 8.44. The number of imidazole rings is 1. The van der Waals surface area contributed by atoms with Crippen molar-refractivity contribution in [3.63, 3.8) is 0 Å². The molecule has 3 N–H and O–H groups in total. The molecule has 1 atom stereocenters. The summed E-state index contributed by atoms with van der Waals surface area (Å²) in [4.78, 5) is 20.4. The van der Waals surface area contributed by atoms with E-state index in [0.29, 0.717) is 19.5 Å². The summed E-state index contributed by atoms with van der Waals surface area (Å²) in [6.07, 6.45) is 4.28. The molecule has 1 fully saturated rings. The number of hydrogen-bond donors (Lipinski definition) is 2. The van der Waals surface area contributed by atoms with Crippen LogP contribution in [-0.2, 0) is 21.2 Å². The molecule has 1 saturated heterocycles. The maximum Gasteiger partial charge on any atom is 0.222 e. The molecule has 1 amide bonds. The van der Waals surface area contributed by atoms with Gasteiger partial charge in [0.05, 0.1) is 5.75 Å². The molecule has 8 heteroatoms. The van der Waals surface area contributed by atoms with Gasteiger partial charge < -0.3 is 9.88 Å².